The maximum Gasteiger partial charge on any atom is 0.175 e. The van der Waals surface area contributed by atoms with E-state index in [0.29, 0.717) is 11.2 Å². The molecule has 5 heteroatoms. The number of aryl methyl sites for hydroxylation is 1. The summed E-state index contributed by atoms with van der Waals surface area (Å²) >= 11 is 0. The van der Waals surface area contributed by atoms with Crippen molar-refractivity contribution < 1.29 is 0 Å². The Morgan fingerprint density at radius 2 is 2.32 bits per heavy atom. The fourth-order valence-corrected chi connectivity index (χ4v) is 2.74. The highest BCUT2D eigenvalue weighted by Gasteiger charge is 2.26. The number of hydrogen-bond acceptors (Lipinski definition) is 4. The molecule has 1 aliphatic heterocycles. The van der Waals surface area contributed by atoms with Gasteiger partial charge < -0.3 is 4.90 Å². The van der Waals surface area contributed by atoms with Gasteiger partial charge in [0, 0.05) is 24.3 Å². The maximum absolute atomic E-state index is 9.11. The van der Waals surface area contributed by atoms with Gasteiger partial charge in [-0.3, -0.25) is 0 Å². The van der Waals surface area contributed by atoms with Crippen molar-refractivity contribution in [2.45, 2.75) is 33.1 Å². The van der Waals surface area contributed by atoms with Crippen LogP contribution in [0.4, 0.5) is 5.82 Å². The van der Waals surface area contributed by atoms with E-state index >= 15 is 0 Å². The number of unbranched alkanes of at least 4 members (excludes halogenated alkanes) is 1. The monoisotopic (exact) mass is 255 g/mol. The Balaban J connectivity index is 2.17. The lowest BCUT2D eigenvalue weighted by Gasteiger charge is -2.19. The third-order valence-electron chi connectivity index (χ3n) is 3.76. The summed E-state index contributed by atoms with van der Waals surface area (Å²) in [5, 5.41) is 13.5. The van der Waals surface area contributed by atoms with E-state index < -0.39 is 0 Å². The molecular weight excluding hydrogens is 238 g/mol. The molecule has 2 aromatic rings. The van der Waals surface area contributed by atoms with E-state index in [9.17, 15) is 0 Å². The summed E-state index contributed by atoms with van der Waals surface area (Å²) in [5.41, 5.74) is 3.53. The van der Waals surface area contributed by atoms with Gasteiger partial charge in [-0.25, -0.2) is 4.98 Å². The number of hydrogen-bond donors (Lipinski definition) is 0. The summed E-state index contributed by atoms with van der Waals surface area (Å²) in [6.07, 6.45) is 4.99. The van der Waals surface area contributed by atoms with Gasteiger partial charge in [-0.1, -0.05) is 13.3 Å². The summed E-state index contributed by atoms with van der Waals surface area (Å²) < 4.78 is 1.84. The van der Waals surface area contributed by atoms with Crippen LogP contribution in [0.3, 0.4) is 0 Å². The predicted octanol–water partition coefficient (Wildman–Crippen LogP) is 2.07. The molecule has 0 fully saturated rings. The van der Waals surface area contributed by atoms with Crippen molar-refractivity contribution in [3.63, 3.8) is 0 Å². The van der Waals surface area contributed by atoms with E-state index in [0.717, 1.165) is 31.0 Å². The molecule has 0 saturated carbocycles. The third-order valence-corrected chi connectivity index (χ3v) is 3.76. The fraction of sp³-hybridized carbons (Fsp3) is 0.500. The Hall–Kier alpha value is -2.09. The van der Waals surface area contributed by atoms with Gasteiger partial charge >= 0.3 is 0 Å². The van der Waals surface area contributed by atoms with Crippen molar-refractivity contribution >= 4 is 11.5 Å². The highest BCUT2D eigenvalue weighted by molar-refractivity contribution is 5.64. The zero-order valence-electron chi connectivity index (χ0n) is 11.3. The van der Waals surface area contributed by atoms with Gasteiger partial charge in [0.15, 0.2) is 5.65 Å². The molecule has 0 unspecified atom stereocenters. The minimum absolute atomic E-state index is 0.549. The van der Waals surface area contributed by atoms with E-state index in [1.54, 1.807) is 6.20 Å². The molecule has 0 spiro atoms. The average Bonchev–Trinajstić information content (AvgIpc) is 2.99. The molecule has 19 heavy (non-hydrogen) atoms. The van der Waals surface area contributed by atoms with Crippen LogP contribution in [0.2, 0.25) is 0 Å². The molecule has 3 heterocycles. The zero-order valence-corrected chi connectivity index (χ0v) is 11.3. The first-order valence-corrected chi connectivity index (χ1v) is 6.78. The van der Waals surface area contributed by atoms with Crippen LogP contribution in [-0.4, -0.2) is 27.7 Å². The molecule has 0 bridgehead atoms. The number of nitriles is 1. The van der Waals surface area contributed by atoms with Crippen LogP contribution >= 0.6 is 0 Å². The maximum atomic E-state index is 9.11. The van der Waals surface area contributed by atoms with Crippen LogP contribution in [0.5, 0.6) is 0 Å². The molecule has 98 valence electrons. The number of rotatable bonds is 3. The molecule has 0 saturated heterocycles. The van der Waals surface area contributed by atoms with Crippen LogP contribution in [0.25, 0.3) is 5.65 Å². The van der Waals surface area contributed by atoms with Crippen LogP contribution in [-0.2, 0) is 6.42 Å². The van der Waals surface area contributed by atoms with Crippen molar-refractivity contribution in [3.8, 4) is 6.07 Å². The summed E-state index contributed by atoms with van der Waals surface area (Å²) in [5.74, 6) is 1.14. The van der Waals surface area contributed by atoms with Gasteiger partial charge in [0.25, 0.3) is 0 Å². The van der Waals surface area contributed by atoms with Gasteiger partial charge in [-0.2, -0.15) is 14.9 Å². The van der Waals surface area contributed by atoms with E-state index in [4.69, 9.17) is 5.26 Å². The topological polar surface area (TPSA) is 57.2 Å². The minimum atomic E-state index is 0.549. The lowest BCUT2D eigenvalue weighted by atomic mass is 10.2. The average molecular weight is 255 g/mol. The van der Waals surface area contributed by atoms with Crippen molar-refractivity contribution in [2.24, 2.45) is 0 Å². The SMILES string of the molecule is CCCCN1CCc2c(C)nc3c(C#N)cnn3c21. The first-order valence-electron chi connectivity index (χ1n) is 6.78. The van der Waals surface area contributed by atoms with Crippen molar-refractivity contribution in [1.29, 1.82) is 5.26 Å². The Morgan fingerprint density at radius 3 is 3.05 bits per heavy atom. The molecule has 2 aromatic heterocycles. The van der Waals surface area contributed by atoms with Crippen LogP contribution in [0.1, 0.15) is 36.6 Å². The first-order chi connectivity index (χ1) is 9.26. The number of anilines is 1. The third kappa shape index (κ3) is 1.75. The molecule has 0 aliphatic carbocycles. The van der Waals surface area contributed by atoms with Crippen LogP contribution < -0.4 is 4.90 Å². The lowest BCUT2D eigenvalue weighted by Crippen LogP contribution is -2.23. The summed E-state index contributed by atoms with van der Waals surface area (Å²) in [7, 11) is 0. The molecule has 5 nitrogen and oxygen atoms in total. The second-order valence-electron chi connectivity index (χ2n) is 5.00. The lowest BCUT2D eigenvalue weighted by molar-refractivity contribution is 0.721. The van der Waals surface area contributed by atoms with Crippen molar-refractivity contribution in [3.05, 3.63) is 23.0 Å². The van der Waals surface area contributed by atoms with Crippen LogP contribution in [0, 0.1) is 18.3 Å². The molecule has 0 N–H and O–H groups in total. The minimum Gasteiger partial charge on any atom is -0.356 e. The Bertz CT molecular complexity index is 665. The molecule has 0 radical (unpaired) electrons. The van der Waals surface area contributed by atoms with Gasteiger partial charge in [0.05, 0.1) is 6.20 Å². The molecular formula is C14H17N5. The van der Waals surface area contributed by atoms with E-state index in [2.05, 4.69) is 28.0 Å². The molecule has 0 amide bonds. The highest BCUT2D eigenvalue weighted by Crippen LogP contribution is 2.31. The summed E-state index contributed by atoms with van der Waals surface area (Å²) in [6.45, 7) is 6.30. The normalized spacial score (nSPS) is 13.8. The van der Waals surface area contributed by atoms with Crippen LogP contribution in [0.15, 0.2) is 6.20 Å². The Morgan fingerprint density at radius 1 is 1.47 bits per heavy atom. The number of aromatic nitrogens is 3. The fourth-order valence-electron chi connectivity index (χ4n) is 2.74. The first kappa shape index (κ1) is 12.0. The van der Waals surface area contributed by atoms with E-state index in [1.165, 1.54) is 18.4 Å². The van der Waals surface area contributed by atoms with Gasteiger partial charge in [-0.05, 0) is 19.8 Å². The quantitative estimate of drug-likeness (QED) is 0.842. The van der Waals surface area contributed by atoms with Crippen molar-refractivity contribution in [1.82, 2.24) is 14.6 Å². The second kappa shape index (κ2) is 4.54. The molecule has 0 aromatic carbocycles. The van der Waals surface area contributed by atoms with E-state index in [1.807, 2.05) is 11.4 Å². The molecule has 1 aliphatic rings. The standard InChI is InChI=1S/C14H17N5/c1-3-4-6-18-7-5-12-10(2)17-13-11(8-15)9-16-19(13)14(12)18/h9H,3-7H2,1-2H3. The van der Waals surface area contributed by atoms with Gasteiger partial charge in [0.2, 0.25) is 0 Å². The van der Waals surface area contributed by atoms with E-state index in [-0.39, 0.29) is 0 Å². The second-order valence-corrected chi connectivity index (χ2v) is 5.00. The number of nitrogens with zero attached hydrogens (tertiary/aromatic N) is 5. The largest absolute Gasteiger partial charge is 0.356 e. The summed E-state index contributed by atoms with van der Waals surface area (Å²) in [4.78, 5) is 6.91. The van der Waals surface area contributed by atoms with Gasteiger partial charge in [-0.15, -0.1) is 0 Å². The van der Waals surface area contributed by atoms with Gasteiger partial charge in [0.1, 0.15) is 17.5 Å². The predicted molar refractivity (Wildman–Crippen MR) is 73.3 cm³/mol. The smallest absolute Gasteiger partial charge is 0.175 e. The molecule has 0 atom stereocenters. The zero-order chi connectivity index (χ0) is 13.4. The highest BCUT2D eigenvalue weighted by atomic mass is 15.4. The Labute approximate surface area is 112 Å². The molecule has 3 rings (SSSR count). The van der Waals surface area contributed by atoms with Crippen molar-refractivity contribution in [2.75, 3.05) is 18.0 Å². The summed E-state index contributed by atoms with van der Waals surface area (Å²) in [6, 6.07) is 2.16. The number of fused-ring (bicyclic) bond motifs is 3. The Kier molecular flexibility index (Phi) is 2.86.